The van der Waals surface area contributed by atoms with Crippen LogP contribution in [0.1, 0.15) is 56.0 Å². The molecule has 1 unspecified atom stereocenters. The Morgan fingerprint density at radius 2 is 1.80 bits per heavy atom. The Morgan fingerprint density at radius 1 is 1.20 bits per heavy atom. The first-order valence-electron chi connectivity index (χ1n) is 7.11. The van der Waals surface area contributed by atoms with Crippen LogP contribution >= 0.6 is 11.6 Å². The molecule has 1 aromatic heterocycles. The summed E-state index contributed by atoms with van der Waals surface area (Å²) in [5, 5.41) is 4.94. The molecule has 1 heterocycles. The summed E-state index contributed by atoms with van der Waals surface area (Å²) in [7, 11) is 0. The highest BCUT2D eigenvalue weighted by Crippen LogP contribution is 2.27. The Hall–Kier alpha value is -1.32. The average Bonchev–Trinajstić information content (AvgIpc) is 2.79. The van der Waals surface area contributed by atoms with Gasteiger partial charge in [-0.2, -0.15) is 5.10 Å². The fourth-order valence-corrected chi connectivity index (χ4v) is 2.58. The van der Waals surface area contributed by atoms with Gasteiger partial charge in [0.05, 0.1) is 23.0 Å². The lowest BCUT2D eigenvalue weighted by atomic mass is 9.98. The van der Waals surface area contributed by atoms with Gasteiger partial charge in [-0.3, -0.25) is 4.68 Å². The van der Waals surface area contributed by atoms with Crippen molar-refractivity contribution < 1.29 is 0 Å². The Morgan fingerprint density at radius 3 is 2.35 bits per heavy atom. The van der Waals surface area contributed by atoms with Gasteiger partial charge in [-0.05, 0) is 23.5 Å². The van der Waals surface area contributed by atoms with Crippen LogP contribution in [0, 0.1) is 0 Å². The molecule has 20 heavy (non-hydrogen) atoms. The van der Waals surface area contributed by atoms with Crippen molar-refractivity contribution in [1.29, 1.82) is 0 Å². The van der Waals surface area contributed by atoms with Gasteiger partial charge in [-0.25, -0.2) is 0 Å². The third-order valence-corrected chi connectivity index (χ3v) is 3.82. The highest BCUT2D eigenvalue weighted by molar-refractivity contribution is 6.31. The van der Waals surface area contributed by atoms with Crippen LogP contribution in [-0.4, -0.2) is 9.78 Å². The van der Waals surface area contributed by atoms with E-state index in [9.17, 15) is 0 Å². The lowest BCUT2D eigenvalue weighted by Crippen LogP contribution is -2.18. The summed E-state index contributed by atoms with van der Waals surface area (Å²) < 4.78 is 1.91. The van der Waals surface area contributed by atoms with Crippen LogP contribution < -0.4 is 5.73 Å². The Labute approximate surface area is 125 Å². The fraction of sp³-hybridized carbons (Fsp3) is 0.438. The first-order valence-corrected chi connectivity index (χ1v) is 7.49. The lowest BCUT2D eigenvalue weighted by Gasteiger charge is -2.16. The van der Waals surface area contributed by atoms with Gasteiger partial charge >= 0.3 is 0 Å². The van der Waals surface area contributed by atoms with E-state index >= 15 is 0 Å². The van der Waals surface area contributed by atoms with E-state index in [1.807, 2.05) is 4.68 Å². The molecule has 4 heteroatoms. The second-order valence-electron chi connectivity index (χ2n) is 5.40. The molecule has 1 aromatic carbocycles. The quantitative estimate of drug-likeness (QED) is 0.900. The van der Waals surface area contributed by atoms with Crippen molar-refractivity contribution in [3.05, 3.63) is 52.3 Å². The number of halogens is 1. The Balaban J connectivity index is 2.31. The summed E-state index contributed by atoms with van der Waals surface area (Å²) in [6.45, 7) is 7.31. The summed E-state index contributed by atoms with van der Waals surface area (Å²) >= 11 is 6.24. The van der Waals surface area contributed by atoms with Crippen LogP contribution in [0.5, 0.6) is 0 Å². The minimum Gasteiger partial charge on any atom is -0.319 e. The predicted octanol–water partition coefficient (Wildman–Crippen LogP) is 4.12. The molecule has 0 aliphatic rings. The van der Waals surface area contributed by atoms with Crippen LogP contribution in [-0.2, 0) is 6.54 Å². The first kappa shape index (κ1) is 15.1. The molecule has 0 saturated carbocycles. The standard InChI is InChI=1S/C16H22ClN3/c1-4-9-20-16(14(17)10-19-20)15(18)13-7-5-12(6-8-13)11(2)3/h5-8,10-11,15H,4,9,18H2,1-3H3. The molecule has 2 N–H and O–H groups in total. The summed E-state index contributed by atoms with van der Waals surface area (Å²) in [6.07, 6.45) is 2.68. The molecule has 0 bridgehead atoms. The number of aromatic nitrogens is 2. The number of rotatable bonds is 5. The Bertz CT molecular complexity index is 558. The van der Waals surface area contributed by atoms with E-state index < -0.39 is 0 Å². The van der Waals surface area contributed by atoms with Crippen molar-refractivity contribution in [1.82, 2.24) is 9.78 Å². The normalized spacial score (nSPS) is 12.9. The molecule has 0 spiro atoms. The van der Waals surface area contributed by atoms with Gasteiger partial charge in [-0.1, -0.05) is 56.6 Å². The Kier molecular flexibility index (Phi) is 4.84. The number of aryl methyl sites for hydroxylation is 1. The van der Waals surface area contributed by atoms with Crippen LogP contribution in [0.15, 0.2) is 30.5 Å². The second kappa shape index (κ2) is 6.42. The average molecular weight is 292 g/mol. The lowest BCUT2D eigenvalue weighted by molar-refractivity contribution is 0.560. The van der Waals surface area contributed by atoms with Crippen LogP contribution in [0.4, 0.5) is 0 Å². The number of nitrogens with zero attached hydrogens (tertiary/aromatic N) is 2. The van der Waals surface area contributed by atoms with E-state index in [0.29, 0.717) is 10.9 Å². The number of hydrogen-bond donors (Lipinski definition) is 1. The highest BCUT2D eigenvalue weighted by atomic mass is 35.5. The van der Waals surface area contributed by atoms with Gasteiger partial charge in [0.1, 0.15) is 0 Å². The molecule has 0 aliphatic carbocycles. The van der Waals surface area contributed by atoms with E-state index in [1.165, 1.54) is 5.56 Å². The molecule has 2 aromatic rings. The van der Waals surface area contributed by atoms with Crippen molar-refractivity contribution in [3.63, 3.8) is 0 Å². The van der Waals surface area contributed by atoms with E-state index in [4.69, 9.17) is 17.3 Å². The van der Waals surface area contributed by atoms with Gasteiger partial charge in [0.25, 0.3) is 0 Å². The van der Waals surface area contributed by atoms with Gasteiger partial charge in [0.2, 0.25) is 0 Å². The zero-order valence-corrected chi connectivity index (χ0v) is 13.1. The minimum absolute atomic E-state index is 0.238. The molecule has 1 atom stereocenters. The van der Waals surface area contributed by atoms with E-state index in [1.54, 1.807) is 6.20 Å². The van der Waals surface area contributed by atoms with E-state index in [2.05, 4.69) is 50.1 Å². The SMILES string of the molecule is CCCn1ncc(Cl)c1C(N)c1ccc(C(C)C)cc1. The maximum atomic E-state index is 6.37. The molecule has 0 saturated heterocycles. The summed E-state index contributed by atoms with van der Waals surface area (Å²) in [6, 6.07) is 8.19. The smallest absolute Gasteiger partial charge is 0.0837 e. The van der Waals surface area contributed by atoms with Gasteiger partial charge in [0, 0.05) is 6.54 Å². The largest absolute Gasteiger partial charge is 0.319 e. The van der Waals surface area contributed by atoms with Crippen molar-refractivity contribution in [2.75, 3.05) is 0 Å². The molecule has 0 amide bonds. The van der Waals surface area contributed by atoms with Crippen LogP contribution in [0.2, 0.25) is 5.02 Å². The molecule has 0 aliphatic heterocycles. The van der Waals surface area contributed by atoms with Gasteiger partial charge in [-0.15, -0.1) is 0 Å². The maximum absolute atomic E-state index is 6.37. The molecular weight excluding hydrogens is 270 g/mol. The van der Waals surface area contributed by atoms with E-state index in [0.717, 1.165) is 24.2 Å². The fourth-order valence-electron chi connectivity index (χ4n) is 2.32. The highest BCUT2D eigenvalue weighted by Gasteiger charge is 2.18. The molecule has 108 valence electrons. The third kappa shape index (κ3) is 3.05. The second-order valence-corrected chi connectivity index (χ2v) is 5.81. The topological polar surface area (TPSA) is 43.8 Å². The monoisotopic (exact) mass is 291 g/mol. The number of nitrogens with two attached hydrogens (primary N) is 1. The maximum Gasteiger partial charge on any atom is 0.0837 e. The van der Waals surface area contributed by atoms with Crippen LogP contribution in [0.25, 0.3) is 0 Å². The summed E-state index contributed by atoms with van der Waals surface area (Å²) in [5.74, 6) is 0.523. The van der Waals surface area contributed by atoms with Gasteiger partial charge < -0.3 is 5.73 Å². The molecular formula is C16H22ClN3. The predicted molar refractivity (Wildman–Crippen MR) is 84.1 cm³/mol. The van der Waals surface area contributed by atoms with Crippen molar-refractivity contribution in [2.24, 2.45) is 5.73 Å². The summed E-state index contributed by atoms with van der Waals surface area (Å²) in [5.41, 5.74) is 9.65. The number of benzene rings is 1. The van der Waals surface area contributed by atoms with E-state index in [-0.39, 0.29) is 6.04 Å². The molecule has 2 rings (SSSR count). The zero-order chi connectivity index (χ0) is 14.7. The molecule has 0 fully saturated rings. The summed E-state index contributed by atoms with van der Waals surface area (Å²) in [4.78, 5) is 0. The van der Waals surface area contributed by atoms with Crippen molar-refractivity contribution in [3.8, 4) is 0 Å². The zero-order valence-electron chi connectivity index (χ0n) is 12.3. The molecule has 0 radical (unpaired) electrons. The first-order chi connectivity index (χ1) is 9.54. The van der Waals surface area contributed by atoms with Crippen molar-refractivity contribution >= 4 is 11.6 Å². The number of hydrogen-bond acceptors (Lipinski definition) is 2. The van der Waals surface area contributed by atoms with Crippen molar-refractivity contribution in [2.45, 2.75) is 45.7 Å². The third-order valence-electron chi connectivity index (χ3n) is 3.53. The van der Waals surface area contributed by atoms with Crippen LogP contribution in [0.3, 0.4) is 0 Å². The molecule has 3 nitrogen and oxygen atoms in total. The minimum atomic E-state index is -0.238. The van der Waals surface area contributed by atoms with Gasteiger partial charge in [0.15, 0.2) is 0 Å².